The summed E-state index contributed by atoms with van der Waals surface area (Å²) in [5.41, 5.74) is 4.04. The van der Waals surface area contributed by atoms with Crippen molar-refractivity contribution in [2.24, 2.45) is 10.8 Å². The van der Waals surface area contributed by atoms with Crippen molar-refractivity contribution in [3.8, 4) is 0 Å². The van der Waals surface area contributed by atoms with Crippen molar-refractivity contribution in [3.05, 3.63) is 29.8 Å². The second-order valence-electron chi connectivity index (χ2n) is 11.5. The molecule has 1 heterocycles. The largest absolute Gasteiger partial charge is 0.369 e. The maximum atomic E-state index is 2.80. The van der Waals surface area contributed by atoms with Crippen molar-refractivity contribution in [2.45, 2.75) is 91.0 Å². The molecule has 0 radical (unpaired) electrons. The summed E-state index contributed by atoms with van der Waals surface area (Å²) in [5.74, 6) is 0.700. The molecule has 0 unspecified atom stereocenters. The van der Waals surface area contributed by atoms with Gasteiger partial charge in [-0.25, -0.2) is 0 Å². The van der Waals surface area contributed by atoms with Crippen LogP contribution >= 0.6 is 12.4 Å². The Morgan fingerprint density at radius 3 is 2.00 bits per heavy atom. The minimum atomic E-state index is 0. The van der Waals surface area contributed by atoms with Gasteiger partial charge < -0.3 is 4.90 Å². The molecule has 2 aliphatic carbocycles. The molecule has 3 heteroatoms. The van der Waals surface area contributed by atoms with E-state index in [9.17, 15) is 0 Å². The lowest BCUT2D eigenvalue weighted by Crippen LogP contribution is -2.51. The molecular formula is C26H43ClN2. The van der Waals surface area contributed by atoms with Crippen molar-refractivity contribution < 1.29 is 0 Å². The van der Waals surface area contributed by atoms with E-state index < -0.39 is 0 Å². The molecule has 2 nitrogen and oxygen atoms in total. The smallest absolute Gasteiger partial charge is 0.0402 e. The highest BCUT2D eigenvalue weighted by Crippen LogP contribution is 2.53. The molecule has 0 bridgehead atoms. The fourth-order valence-electron chi connectivity index (χ4n) is 6.96. The van der Waals surface area contributed by atoms with Gasteiger partial charge in [-0.15, -0.1) is 12.4 Å². The first-order valence-electron chi connectivity index (χ1n) is 11.9. The number of para-hydroxylation sites is 1. The van der Waals surface area contributed by atoms with Crippen molar-refractivity contribution in [1.82, 2.24) is 4.90 Å². The first-order valence-corrected chi connectivity index (χ1v) is 11.9. The quantitative estimate of drug-likeness (QED) is 0.527. The molecule has 4 rings (SSSR count). The van der Waals surface area contributed by atoms with Crippen LogP contribution < -0.4 is 4.90 Å². The minimum absolute atomic E-state index is 0. The van der Waals surface area contributed by atoms with Crippen LogP contribution in [0.5, 0.6) is 0 Å². The molecule has 164 valence electrons. The van der Waals surface area contributed by atoms with Gasteiger partial charge in [0, 0.05) is 37.9 Å². The van der Waals surface area contributed by atoms with Crippen LogP contribution in [-0.4, -0.2) is 37.1 Å². The zero-order valence-corrected chi connectivity index (χ0v) is 20.1. The number of anilines is 1. The van der Waals surface area contributed by atoms with E-state index in [4.69, 9.17) is 0 Å². The molecule has 2 saturated carbocycles. The van der Waals surface area contributed by atoms with Gasteiger partial charge in [-0.05, 0) is 60.5 Å². The van der Waals surface area contributed by atoms with Crippen LogP contribution in [0, 0.1) is 10.8 Å². The molecule has 3 aliphatic rings. The number of halogens is 1. The lowest BCUT2D eigenvalue weighted by molar-refractivity contribution is 0.0969. The average Bonchev–Trinajstić information content (AvgIpc) is 2.66. The summed E-state index contributed by atoms with van der Waals surface area (Å²) in [7, 11) is 0. The van der Waals surface area contributed by atoms with E-state index in [1.165, 1.54) is 83.2 Å². The van der Waals surface area contributed by atoms with Gasteiger partial charge in [-0.3, -0.25) is 4.90 Å². The second kappa shape index (κ2) is 9.18. The number of rotatable bonds is 3. The summed E-state index contributed by atoms with van der Waals surface area (Å²) in [5, 5.41) is 0. The van der Waals surface area contributed by atoms with Gasteiger partial charge in [0.05, 0.1) is 0 Å². The summed E-state index contributed by atoms with van der Waals surface area (Å²) < 4.78 is 0. The highest BCUT2D eigenvalue weighted by Gasteiger charge is 2.40. The maximum Gasteiger partial charge on any atom is 0.0402 e. The maximum absolute atomic E-state index is 2.80. The van der Waals surface area contributed by atoms with Gasteiger partial charge in [-0.1, -0.05) is 65.2 Å². The lowest BCUT2D eigenvalue weighted by atomic mass is 9.60. The Morgan fingerprint density at radius 2 is 1.38 bits per heavy atom. The molecule has 0 N–H and O–H groups in total. The second-order valence-corrected chi connectivity index (χ2v) is 11.5. The van der Waals surface area contributed by atoms with Gasteiger partial charge >= 0.3 is 0 Å². The van der Waals surface area contributed by atoms with Crippen LogP contribution in [0.1, 0.15) is 90.5 Å². The van der Waals surface area contributed by atoms with E-state index in [2.05, 4.69) is 61.8 Å². The minimum Gasteiger partial charge on any atom is -0.369 e. The van der Waals surface area contributed by atoms with Crippen LogP contribution in [0.25, 0.3) is 0 Å². The number of nitrogens with zero attached hydrogens (tertiary/aromatic N) is 2. The third kappa shape index (κ3) is 5.50. The fraction of sp³-hybridized carbons (Fsp3) is 0.769. The van der Waals surface area contributed by atoms with Crippen LogP contribution in [0.3, 0.4) is 0 Å². The van der Waals surface area contributed by atoms with Gasteiger partial charge in [0.25, 0.3) is 0 Å². The SMILES string of the molecule is CC1(C)CC(c2ccccc2N2CCN(C3CCCCC3)CC2)CC(C)(C)C1.Cl. The van der Waals surface area contributed by atoms with E-state index in [0.717, 1.165) is 6.04 Å². The molecule has 0 atom stereocenters. The number of hydrogen-bond acceptors (Lipinski definition) is 2. The molecule has 1 saturated heterocycles. The Kier molecular flexibility index (Phi) is 7.27. The zero-order valence-electron chi connectivity index (χ0n) is 19.3. The van der Waals surface area contributed by atoms with Crippen molar-refractivity contribution in [1.29, 1.82) is 0 Å². The Balaban J connectivity index is 0.00000240. The summed E-state index contributed by atoms with van der Waals surface area (Å²) in [4.78, 5) is 5.49. The third-order valence-electron chi connectivity index (χ3n) is 7.68. The van der Waals surface area contributed by atoms with Gasteiger partial charge in [0.15, 0.2) is 0 Å². The Labute approximate surface area is 185 Å². The van der Waals surface area contributed by atoms with Gasteiger partial charge in [0.1, 0.15) is 0 Å². The lowest BCUT2D eigenvalue weighted by Gasteiger charge is -2.47. The Bertz CT molecular complexity index is 638. The molecule has 0 spiro atoms. The van der Waals surface area contributed by atoms with E-state index >= 15 is 0 Å². The Hall–Kier alpha value is -0.730. The average molecular weight is 419 g/mol. The highest BCUT2D eigenvalue weighted by atomic mass is 35.5. The van der Waals surface area contributed by atoms with Gasteiger partial charge in [0.2, 0.25) is 0 Å². The molecule has 29 heavy (non-hydrogen) atoms. The fourth-order valence-corrected chi connectivity index (χ4v) is 6.96. The van der Waals surface area contributed by atoms with E-state index in [-0.39, 0.29) is 12.4 Å². The summed E-state index contributed by atoms with van der Waals surface area (Å²) in [6.07, 6.45) is 11.2. The predicted octanol–water partition coefficient (Wildman–Crippen LogP) is 6.88. The molecule has 0 aromatic heterocycles. The van der Waals surface area contributed by atoms with Crippen LogP contribution in [0.15, 0.2) is 24.3 Å². The number of benzene rings is 1. The summed E-state index contributed by atoms with van der Waals surface area (Å²) >= 11 is 0. The predicted molar refractivity (Wildman–Crippen MR) is 129 cm³/mol. The molecular weight excluding hydrogens is 376 g/mol. The standard InChI is InChI=1S/C26H42N2.ClH/c1-25(2)18-21(19-26(3,4)20-25)23-12-8-9-13-24(23)28-16-14-27(15-17-28)22-10-6-5-7-11-22;/h8-9,12-13,21-22H,5-7,10-11,14-20H2,1-4H3;1H. The van der Waals surface area contributed by atoms with E-state index in [1.54, 1.807) is 5.56 Å². The van der Waals surface area contributed by atoms with Crippen molar-refractivity contribution in [2.75, 3.05) is 31.1 Å². The van der Waals surface area contributed by atoms with Crippen LogP contribution in [0.4, 0.5) is 5.69 Å². The first-order chi connectivity index (χ1) is 13.3. The van der Waals surface area contributed by atoms with Crippen molar-refractivity contribution >= 4 is 18.1 Å². The Morgan fingerprint density at radius 1 is 0.793 bits per heavy atom. The first kappa shape index (κ1) is 22.9. The normalized spacial score (nSPS) is 26.1. The molecule has 1 aromatic rings. The zero-order chi connectivity index (χ0) is 19.8. The molecule has 0 amide bonds. The summed E-state index contributed by atoms with van der Waals surface area (Å²) in [6.45, 7) is 14.8. The van der Waals surface area contributed by atoms with Crippen LogP contribution in [-0.2, 0) is 0 Å². The highest BCUT2D eigenvalue weighted by molar-refractivity contribution is 5.85. The van der Waals surface area contributed by atoms with E-state index in [0.29, 0.717) is 16.7 Å². The third-order valence-corrected chi connectivity index (χ3v) is 7.68. The number of hydrogen-bond donors (Lipinski definition) is 0. The number of piperazine rings is 1. The summed E-state index contributed by atoms with van der Waals surface area (Å²) in [6, 6.07) is 10.2. The molecule has 1 aromatic carbocycles. The molecule has 3 fully saturated rings. The monoisotopic (exact) mass is 418 g/mol. The van der Waals surface area contributed by atoms with Crippen molar-refractivity contribution in [3.63, 3.8) is 0 Å². The van der Waals surface area contributed by atoms with Gasteiger partial charge in [-0.2, -0.15) is 0 Å². The van der Waals surface area contributed by atoms with Crippen LogP contribution in [0.2, 0.25) is 0 Å². The van der Waals surface area contributed by atoms with E-state index in [1.807, 2.05) is 0 Å². The molecule has 1 aliphatic heterocycles. The topological polar surface area (TPSA) is 6.48 Å².